The van der Waals surface area contributed by atoms with Gasteiger partial charge in [-0.15, -0.1) is 11.3 Å². The monoisotopic (exact) mass is 398 g/mol. The second-order valence-electron chi connectivity index (χ2n) is 6.03. The van der Waals surface area contributed by atoms with Gasteiger partial charge in [-0.25, -0.2) is 4.39 Å². The van der Waals surface area contributed by atoms with Gasteiger partial charge in [0.2, 0.25) is 0 Å². The fraction of sp³-hybridized carbons (Fsp3) is 0.389. The van der Waals surface area contributed by atoms with Crippen LogP contribution in [0.4, 0.5) is 10.1 Å². The van der Waals surface area contributed by atoms with Crippen LogP contribution >= 0.6 is 35.2 Å². The molecule has 1 fully saturated rings. The van der Waals surface area contributed by atoms with Crippen molar-refractivity contribution in [3.05, 3.63) is 50.9 Å². The number of aryl methyl sites for hydroxylation is 1. The fourth-order valence-electron chi connectivity index (χ4n) is 2.74. The van der Waals surface area contributed by atoms with Crippen molar-refractivity contribution in [1.82, 2.24) is 5.32 Å². The van der Waals surface area contributed by atoms with Crippen LogP contribution < -0.4 is 10.2 Å². The molecule has 134 valence electrons. The molecule has 3 nitrogen and oxygen atoms in total. The maximum absolute atomic E-state index is 13.5. The van der Waals surface area contributed by atoms with E-state index in [0.29, 0.717) is 18.2 Å². The number of nitrogens with one attached hydrogen (secondary N) is 1. The van der Waals surface area contributed by atoms with Crippen molar-refractivity contribution < 1.29 is 9.13 Å². The Morgan fingerprint density at radius 3 is 2.96 bits per heavy atom. The fourth-order valence-corrected chi connectivity index (χ4v) is 4.07. The zero-order chi connectivity index (χ0) is 17.8. The Bertz CT molecular complexity index is 746. The highest BCUT2D eigenvalue weighted by atomic mass is 35.5. The number of rotatable bonds is 5. The minimum atomic E-state index is -0.434. The normalized spacial score (nSPS) is 16.8. The van der Waals surface area contributed by atoms with Gasteiger partial charge in [-0.1, -0.05) is 11.6 Å². The number of nitrogens with zero attached hydrogens (tertiary/aromatic N) is 1. The maximum Gasteiger partial charge on any atom is 0.173 e. The van der Waals surface area contributed by atoms with Gasteiger partial charge in [0.05, 0.1) is 17.7 Å². The average Bonchev–Trinajstić information content (AvgIpc) is 3.25. The third-order valence-corrected chi connectivity index (χ3v) is 5.90. The molecule has 0 radical (unpaired) electrons. The summed E-state index contributed by atoms with van der Waals surface area (Å²) < 4.78 is 19.2. The van der Waals surface area contributed by atoms with Crippen molar-refractivity contribution >= 4 is 46.0 Å². The van der Waals surface area contributed by atoms with Crippen molar-refractivity contribution in [3.63, 3.8) is 0 Å². The van der Waals surface area contributed by atoms with Gasteiger partial charge in [-0.05, 0) is 67.2 Å². The molecule has 1 saturated heterocycles. The number of anilines is 1. The van der Waals surface area contributed by atoms with Crippen LogP contribution in [0.3, 0.4) is 0 Å². The Morgan fingerprint density at radius 1 is 1.48 bits per heavy atom. The van der Waals surface area contributed by atoms with E-state index in [2.05, 4.69) is 23.7 Å². The molecule has 2 aromatic rings. The Kier molecular flexibility index (Phi) is 6.28. The molecule has 7 heteroatoms. The first-order valence-corrected chi connectivity index (χ1v) is 9.86. The molecule has 0 amide bonds. The van der Waals surface area contributed by atoms with Crippen molar-refractivity contribution in [2.24, 2.45) is 0 Å². The largest absolute Gasteiger partial charge is 0.376 e. The lowest BCUT2D eigenvalue weighted by atomic mass is 10.2. The van der Waals surface area contributed by atoms with Crippen molar-refractivity contribution in [2.75, 3.05) is 18.1 Å². The Morgan fingerprint density at radius 2 is 2.32 bits per heavy atom. The SMILES string of the molecule is Cc1ccsc1CN(C(=S)NC[C@H]1CCCO1)c1ccc(F)c(Cl)c1. The van der Waals surface area contributed by atoms with Crippen LogP contribution in [0.2, 0.25) is 5.02 Å². The second kappa shape index (κ2) is 8.45. The molecule has 25 heavy (non-hydrogen) atoms. The maximum atomic E-state index is 13.5. The Balaban J connectivity index is 1.78. The number of hydrogen-bond donors (Lipinski definition) is 1. The third kappa shape index (κ3) is 4.70. The van der Waals surface area contributed by atoms with Crippen LogP contribution in [0.25, 0.3) is 0 Å². The first-order chi connectivity index (χ1) is 12.0. The predicted octanol–water partition coefficient (Wildman–Crippen LogP) is 4.91. The molecule has 0 aliphatic carbocycles. The smallest absolute Gasteiger partial charge is 0.173 e. The minimum Gasteiger partial charge on any atom is -0.376 e. The molecular weight excluding hydrogens is 379 g/mol. The first-order valence-electron chi connectivity index (χ1n) is 8.19. The summed E-state index contributed by atoms with van der Waals surface area (Å²) in [5.41, 5.74) is 1.98. The number of hydrogen-bond acceptors (Lipinski definition) is 3. The second-order valence-corrected chi connectivity index (χ2v) is 7.83. The van der Waals surface area contributed by atoms with E-state index < -0.39 is 5.82 Å². The van der Waals surface area contributed by atoms with E-state index in [1.54, 1.807) is 23.5 Å². The topological polar surface area (TPSA) is 24.5 Å². The van der Waals surface area contributed by atoms with Crippen LogP contribution in [0.5, 0.6) is 0 Å². The van der Waals surface area contributed by atoms with Gasteiger partial charge in [-0.3, -0.25) is 0 Å². The molecule has 0 bridgehead atoms. The van der Waals surface area contributed by atoms with Gasteiger partial charge < -0.3 is 15.0 Å². The van der Waals surface area contributed by atoms with Crippen LogP contribution in [0.15, 0.2) is 29.6 Å². The van der Waals surface area contributed by atoms with Crippen LogP contribution in [-0.2, 0) is 11.3 Å². The highest BCUT2D eigenvalue weighted by Gasteiger charge is 2.19. The summed E-state index contributed by atoms with van der Waals surface area (Å²) in [6.45, 7) is 4.17. The van der Waals surface area contributed by atoms with E-state index in [4.69, 9.17) is 28.6 Å². The van der Waals surface area contributed by atoms with Gasteiger partial charge in [-0.2, -0.15) is 0 Å². The van der Waals surface area contributed by atoms with E-state index in [1.807, 2.05) is 4.90 Å². The van der Waals surface area contributed by atoms with Crippen molar-refractivity contribution in [1.29, 1.82) is 0 Å². The summed E-state index contributed by atoms with van der Waals surface area (Å²) in [6, 6.07) is 6.76. The van der Waals surface area contributed by atoms with E-state index in [9.17, 15) is 4.39 Å². The molecule has 1 atom stereocenters. The summed E-state index contributed by atoms with van der Waals surface area (Å²) in [5.74, 6) is -0.434. The molecule has 1 aliphatic rings. The molecule has 1 N–H and O–H groups in total. The lowest BCUT2D eigenvalue weighted by Crippen LogP contribution is -2.42. The average molecular weight is 399 g/mol. The van der Waals surface area contributed by atoms with Gasteiger partial charge in [0.1, 0.15) is 5.82 Å². The zero-order valence-electron chi connectivity index (χ0n) is 13.9. The molecule has 1 aromatic heterocycles. The number of thiocarbonyl (C=S) groups is 1. The van der Waals surface area contributed by atoms with Crippen molar-refractivity contribution in [3.8, 4) is 0 Å². The van der Waals surface area contributed by atoms with Gasteiger partial charge in [0, 0.05) is 23.7 Å². The first kappa shape index (κ1) is 18.6. The lowest BCUT2D eigenvalue weighted by Gasteiger charge is -2.27. The van der Waals surface area contributed by atoms with Crippen molar-refractivity contribution in [2.45, 2.75) is 32.4 Å². The summed E-state index contributed by atoms with van der Waals surface area (Å²) >= 11 is 13.3. The Labute approximate surface area is 161 Å². The van der Waals surface area contributed by atoms with E-state index in [0.717, 1.165) is 25.1 Å². The van der Waals surface area contributed by atoms with E-state index in [-0.39, 0.29) is 11.1 Å². The summed E-state index contributed by atoms with van der Waals surface area (Å²) in [6.07, 6.45) is 2.33. The molecule has 1 aliphatic heterocycles. The lowest BCUT2D eigenvalue weighted by molar-refractivity contribution is 0.114. The molecule has 0 unspecified atom stereocenters. The number of halogens is 2. The van der Waals surface area contributed by atoms with Gasteiger partial charge >= 0.3 is 0 Å². The Hall–Kier alpha value is -1.21. The number of ether oxygens (including phenoxy) is 1. The highest BCUT2D eigenvalue weighted by Crippen LogP contribution is 2.26. The number of benzene rings is 1. The van der Waals surface area contributed by atoms with E-state index >= 15 is 0 Å². The predicted molar refractivity (Wildman–Crippen MR) is 106 cm³/mol. The molecule has 0 spiro atoms. The highest BCUT2D eigenvalue weighted by molar-refractivity contribution is 7.80. The quantitative estimate of drug-likeness (QED) is 0.723. The van der Waals surface area contributed by atoms with Gasteiger partial charge in [0.25, 0.3) is 0 Å². The molecule has 3 rings (SSSR count). The van der Waals surface area contributed by atoms with Crippen LogP contribution in [0.1, 0.15) is 23.3 Å². The van der Waals surface area contributed by atoms with Crippen LogP contribution in [-0.4, -0.2) is 24.4 Å². The number of thiophene rings is 1. The molecular formula is C18H20ClFN2OS2. The summed E-state index contributed by atoms with van der Waals surface area (Å²) in [7, 11) is 0. The third-order valence-electron chi connectivity index (χ3n) is 4.23. The summed E-state index contributed by atoms with van der Waals surface area (Å²) in [5, 5.41) is 6.03. The standard InChI is InChI=1S/C18H20ClFN2OS2/c1-12-6-8-25-17(12)11-22(13-4-5-16(20)15(19)9-13)18(24)21-10-14-3-2-7-23-14/h4-6,8-9,14H,2-3,7,10-11H2,1H3,(H,21,24)/t14-/m1/s1. The zero-order valence-corrected chi connectivity index (χ0v) is 16.3. The van der Waals surface area contributed by atoms with Crippen LogP contribution in [0, 0.1) is 12.7 Å². The summed E-state index contributed by atoms with van der Waals surface area (Å²) in [4.78, 5) is 3.16. The van der Waals surface area contributed by atoms with E-state index in [1.165, 1.54) is 16.5 Å². The molecule has 2 heterocycles. The molecule has 0 saturated carbocycles. The van der Waals surface area contributed by atoms with Gasteiger partial charge in [0.15, 0.2) is 5.11 Å². The minimum absolute atomic E-state index is 0.0901. The molecule has 1 aromatic carbocycles.